The molecule has 0 N–H and O–H groups in total. The predicted molar refractivity (Wildman–Crippen MR) is 63.4 cm³/mol. The Balaban J connectivity index is 2.09. The first-order valence-electron chi connectivity index (χ1n) is 6.38. The average molecular weight is 220 g/mol. The molecule has 0 radical (unpaired) electrons. The van der Waals surface area contributed by atoms with Crippen molar-refractivity contribution in [2.24, 2.45) is 5.92 Å². The van der Waals surface area contributed by atoms with E-state index in [0.717, 1.165) is 25.8 Å². The molecule has 0 aliphatic heterocycles. The summed E-state index contributed by atoms with van der Waals surface area (Å²) >= 11 is 0. The summed E-state index contributed by atoms with van der Waals surface area (Å²) in [4.78, 5) is 16.5. The molecule has 0 spiro atoms. The van der Waals surface area contributed by atoms with E-state index in [1.54, 1.807) is 6.20 Å². The molecular formula is C13H20N2O. The van der Waals surface area contributed by atoms with Gasteiger partial charge in [0.25, 0.3) is 0 Å². The first-order chi connectivity index (χ1) is 7.83. The molecule has 3 nitrogen and oxygen atoms in total. The summed E-state index contributed by atoms with van der Waals surface area (Å²) in [5.41, 5.74) is 0. The molecule has 16 heavy (non-hydrogen) atoms. The zero-order chi connectivity index (χ0) is 11.4. The second kappa shape index (κ2) is 5.28. The van der Waals surface area contributed by atoms with Gasteiger partial charge < -0.3 is 4.57 Å². The molecule has 0 bridgehead atoms. The van der Waals surface area contributed by atoms with Crippen LogP contribution < -0.4 is 0 Å². The van der Waals surface area contributed by atoms with Crippen LogP contribution in [0.5, 0.6) is 0 Å². The maximum Gasteiger partial charge on any atom is 0.201 e. The van der Waals surface area contributed by atoms with Gasteiger partial charge in [0.15, 0.2) is 5.82 Å². The Kier molecular flexibility index (Phi) is 3.75. The molecular weight excluding hydrogens is 200 g/mol. The predicted octanol–water partition coefficient (Wildman–Crippen LogP) is 3.06. The minimum absolute atomic E-state index is 0.228. The van der Waals surface area contributed by atoms with E-state index in [1.165, 1.54) is 19.3 Å². The molecule has 1 aliphatic rings. The van der Waals surface area contributed by atoms with Crippen LogP contribution in [0.4, 0.5) is 0 Å². The highest BCUT2D eigenvalue weighted by atomic mass is 16.1. The summed E-state index contributed by atoms with van der Waals surface area (Å²) in [5, 5.41) is 0. The van der Waals surface area contributed by atoms with E-state index in [9.17, 15) is 4.79 Å². The van der Waals surface area contributed by atoms with E-state index >= 15 is 0 Å². The number of hydrogen-bond acceptors (Lipinski definition) is 2. The van der Waals surface area contributed by atoms with Crippen LogP contribution in [0, 0.1) is 5.92 Å². The fourth-order valence-corrected chi connectivity index (χ4v) is 2.50. The van der Waals surface area contributed by atoms with Crippen LogP contribution in [0.1, 0.15) is 56.1 Å². The van der Waals surface area contributed by atoms with Gasteiger partial charge in [0.05, 0.1) is 0 Å². The molecule has 1 aromatic rings. The van der Waals surface area contributed by atoms with Crippen LogP contribution in [-0.4, -0.2) is 15.3 Å². The second-order valence-corrected chi connectivity index (χ2v) is 4.64. The zero-order valence-electron chi connectivity index (χ0n) is 9.98. The normalized spacial score (nSPS) is 17.6. The first kappa shape index (κ1) is 11.4. The third-order valence-electron chi connectivity index (χ3n) is 3.38. The SMILES string of the molecule is CCCn1ccnc1C(=O)C1CCCCC1. The summed E-state index contributed by atoms with van der Waals surface area (Å²) in [7, 11) is 0. The number of rotatable bonds is 4. The van der Waals surface area contributed by atoms with E-state index in [2.05, 4.69) is 11.9 Å². The molecule has 0 saturated heterocycles. The molecule has 1 fully saturated rings. The van der Waals surface area contributed by atoms with Gasteiger partial charge in [-0.2, -0.15) is 0 Å². The molecule has 2 rings (SSSR count). The number of carbonyl (C=O) groups excluding carboxylic acids is 1. The van der Waals surface area contributed by atoms with Gasteiger partial charge >= 0.3 is 0 Å². The number of aryl methyl sites for hydroxylation is 1. The van der Waals surface area contributed by atoms with Crippen molar-refractivity contribution in [1.82, 2.24) is 9.55 Å². The third kappa shape index (κ3) is 2.34. The molecule has 1 heterocycles. The molecule has 1 aromatic heterocycles. The lowest BCUT2D eigenvalue weighted by Gasteiger charge is -2.20. The van der Waals surface area contributed by atoms with Crippen molar-refractivity contribution in [1.29, 1.82) is 0 Å². The van der Waals surface area contributed by atoms with Gasteiger partial charge in [-0.1, -0.05) is 26.2 Å². The van der Waals surface area contributed by atoms with Crippen LogP contribution in [0.3, 0.4) is 0 Å². The van der Waals surface area contributed by atoms with Crippen molar-refractivity contribution in [3.05, 3.63) is 18.2 Å². The maximum atomic E-state index is 12.3. The van der Waals surface area contributed by atoms with Crippen LogP contribution in [0.2, 0.25) is 0 Å². The molecule has 88 valence electrons. The zero-order valence-corrected chi connectivity index (χ0v) is 9.98. The van der Waals surface area contributed by atoms with Crippen molar-refractivity contribution < 1.29 is 4.79 Å². The van der Waals surface area contributed by atoms with Gasteiger partial charge in [-0.05, 0) is 19.3 Å². The average Bonchev–Trinajstić information content (AvgIpc) is 2.78. The van der Waals surface area contributed by atoms with Crippen molar-refractivity contribution in [3.8, 4) is 0 Å². The molecule has 0 aromatic carbocycles. The third-order valence-corrected chi connectivity index (χ3v) is 3.38. The minimum atomic E-state index is 0.228. The highest BCUT2D eigenvalue weighted by Gasteiger charge is 2.25. The monoisotopic (exact) mass is 220 g/mol. The smallest absolute Gasteiger partial charge is 0.201 e. The summed E-state index contributed by atoms with van der Waals surface area (Å²) in [6.07, 6.45) is 10.5. The Morgan fingerprint density at radius 2 is 2.19 bits per heavy atom. The minimum Gasteiger partial charge on any atom is -0.329 e. The van der Waals surface area contributed by atoms with Crippen LogP contribution in [-0.2, 0) is 6.54 Å². The number of nitrogens with zero attached hydrogens (tertiary/aromatic N) is 2. The van der Waals surface area contributed by atoms with E-state index < -0.39 is 0 Å². The highest BCUT2D eigenvalue weighted by Crippen LogP contribution is 2.26. The Hall–Kier alpha value is -1.12. The largest absolute Gasteiger partial charge is 0.329 e. The van der Waals surface area contributed by atoms with E-state index in [0.29, 0.717) is 5.82 Å². The van der Waals surface area contributed by atoms with Crippen molar-refractivity contribution >= 4 is 5.78 Å². The first-order valence-corrected chi connectivity index (χ1v) is 6.38. The van der Waals surface area contributed by atoms with E-state index in [1.807, 2.05) is 10.8 Å². The van der Waals surface area contributed by atoms with Crippen molar-refractivity contribution in [2.75, 3.05) is 0 Å². The Morgan fingerprint density at radius 3 is 2.88 bits per heavy atom. The second-order valence-electron chi connectivity index (χ2n) is 4.64. The molecule has 1 saturated carbocycles. The van der Waals surface area contributed by atoms with Crippen LogP contribution in [0.15, 0.2) is 12.4 Å². The lowest BCUT2D eigenvalue weighted by Crippen LogP contribution is -2.21. The molecule has 0 atom stereocenters. The fraction of sp³-hybridized carbons (Fsp3) is 0.692. The van der Waals surface area contributed by atoms with Gasteiger partial charge in [0, 0.05) is 24.9 Å². The summed E-state index contributed by atoms with van der Waals surface area (Å²) < 4.78 is 2.00. The Labute approximate surface area is 96.9 Å². The number of aromatic nitrogens is 2. The number of hydrogen-bond donors (Lipinski definition) is 0. The van der Waals surface area contributed by atoms with Crippen molar-refractivity contribution in [2.45, 2.75) is 52.0 Å². The maximum absolute atomic E-state index is 12.3. The lowest BCUT2D eigenvalue weighted by molar-refractivity contribution is 0.0874. The van der Waals surface area contributed by atoms with Crippen LogP contribution >= 0.6 is 0 Å². The number of carbonyl (C=O) groups is 1. The lowest BCUT2D eigenvalue weighted by atomic mass is 9.86. The highest BCUT2D eigenvalue weighted by molar-refractivity contribution is 5.94. The molecule has 1 aliphatic carbocycles. The Bertz CT molecular complexity index is 351. The fourth-order valence-electron chi connectivity index (χ4n) is 2.50. The summed E-state index contributed by atoms with van der Waals surface area (Å²) in [6.45, 7) is 3.02. The van der Waals surface area contributed by atoms with Gasteiger partial charge in [-0.15, -0.1) is 0 Å². The topological polar surface area (TPSA) is 34.9 Å². The number of imidazole rings is 1. The number of ketones is 1. The van der Waals surface area contributed by atoms with Gasteiger partial charge in [0.2, 0.25) is 5.78 Å². The van der Waals surface area contributed by atoms with E-state index in [4.69, 9.17) is 0 Å². The number of Topliss-reactive ketones (excluding diaryl/α,β-unsaturated/α-hetero) is 1. The molecule has 0 amide bonds. The van der Waals surface area contributed by atoms with E-state index in [-0.39, 0.29) is 11.7 Å². The standard InChI is InChI=1S/C13H20N2O/c1-2-9-15-10-8-14-13(15)12(16)11-6-4-3-5-7-11/h8,10-11H,2-7,9H2,1H3. The van der Waals surface area contributed by atoms with Crippen molar-refractivity contribution in [3.63, 3.8) is 0 Å². The summed E-state index contributed by atoms with van der Waals surface area (Å²) in [5.74, 6) is 1.17. The Morgan fingerprint density at radius 1 is 1.44 bits per heavy atom. The molecule has 0 unspecified atom stereocenters. The van der Waals surface area contributed by atoms with Gasteiger partial charge in [0.1, 0.15) is 0 Å². The van der Waals surface area contributed by atoms with Gasteiger partial charge in [-0.3, -0.25) is 4.79 Å². The summed E-state index contributed by atoms with van der Waals surface area (Å²) in [6, 6.07) is 0. The van der Waals surface area contributed by atoms with Crippen LogP contribution in [0.25, 0.3) is 0 Å². The molecule has 3 heteroatoms. The van der Waals surface area contributed by atoms with Gasteiger partial charge in [-0.25, -0.2) is 4.98 Å². The quantitative estimate of drug-likeness (QED) is 0.731.